The van der Waals surface area contributed by atoms with Gasteiger partial charge in [-0.05, 0) is 28.1 Å². The van der Waals surface area contributed by atoms with Gasteiger partial charge in [-0.3, -0.25) is 14.8 Å². The average Bonchev–Trinajstić information content (AvgIpc) is 2.34. The van der Waals surface area contributed by atoms with Crippen molar-refractivity contribution in [2.24, 2.45) is 0 Å². The van der Waals surface area contributed by atoms with Crippen LogP contribution in [0, 0.1) is 11.3 Å². The van der Waals surface area contributed by atoms with Gasteiger partial charge in [-0.25, -0.2) is 0 Å². The fourth-order valence-corrected chi connectivity index (χ4v) is 1.81. The quantitative estimate of drug-likeness (QED) is 0.920. The first kappa shape index (κ1) is 11.5. The number of carbonyl (C=O) groups excluding carboxylic acids is 1. The summed E-state index contributed by atoms with van der Waals surface area (Å²) in [5.41, 5.74) is 1.81. The second-order valence-electron chi connectivity index (χ2n) is 3.23. The maximum absolute atomic E-state index is 11.3. The lowest BCUT2D eigenvalue weighted by Crippen LogP contribution is -2.10. The molecule has 0 bridgehead atoms. The summed E-state index contributed by atoms with van der Waals surface area (Å²) in [5.74, 6) is -0.359. The lowest BCUT2D eigenvalue weighted by Gasteiger charge is -2.06. The van der Waals surface area contributed by atoms with Gasteiger partial charge in [0.15, 0.2) is 0 Å². The molecule has 0 saturated carbocycles. The van der Waals surface area contributed by atoms with Crippen molar-refractivity contribution in [3.8, 4) is 6.07 Å². The molecule has 2 rings (SSSR count). The zero-order chi connectivity index (χ0) is 12.3. The van der Waals surface area contributed by atoms with E-state index in [1.807, 2.05) is 0 Å². The van der Waals surface area contributed by atoms with Crippen molar-refractivity contribution in [3.05, 3.63) is 29.0 Å². The molecule has 17 heavy (non-hydrogen) atoms. The molecule has 0 spiro atoms. The minimum absolute atomic E-state index is 0.183. The summed E-state index contributed by atoms with van der Waals surface area (Å²) in [7, 11) is 0. The van der Waals surface area contributed by atoms with Crippen molar-refractivity contribution in [1.82, 2.24) is 9.97 Å². The minimum atomic E-state index is -0.359. The zero-order valence-corrected chi connectivity index (χ0v) is 10.2. The van der Waals surface area contributed by atoms with Crippen LogP contribution in [0.3, 0.4) is 0 Å². The maximum Gasteiger partial charge on any atom is 0.238 e. The molecule has 0 radical (unpaired) electrons. The van der Waals surface area contributed by atoms with E-state index in [1.165, 1.54) is 0 Å². The lowest BCUT2D eigenvalue weighted by molar-refractivity contribution is -0.115. The highest BCUT2D eigenvalue weighted by Gasteiger charge is 2.09. The molecule has 0 fully saturated rings. The normalized spacial score (nSPS) is 9.88. The molecule has 1 heterocycles. The highest BCUT2D eigenvalue weighted by atomic mass is 79.9. The van der Waals surface area contributed by atoms with E-state index in [2.05, 4.69) is 31.2 Å². The predicted octanol–water partition coefficient (Wildman–Crippen LogP) is 2.24. The second kappa shape index (κ2) is 4.89. The van der Waals surface area contributed by atoms with Gasteiger partial charge in [-0.2, -0.15) is 5.26 Å². The van der Waals surface area contributed by atoms with Crippen molar-refractivity contribution >= 4 is 38.6 Å². The highest BCUT2D eigenvalue weighted by Crippen LogP contribution is 2.26. The summed E-state index contributed by atoms with van der Waals surface area (Å²) < 4.78 is 0.805. The molecule has 6 heteroatoms. The van der Waals surface area contributed by atoms with E-state index in [9.17, 15) is 4.79 Å². The summed E-state index contributed by atoms with van der Waals surface area (Å²) in [6, 6.07) is 5.29. The number of amides is 1. The van der Waals surface area contributed by atoms with Gasteiger partial charge in [-0.1, -0.05) is 0 Å². The number of hydrogen-bond donors (Lipinski definition) is 1. The minimum Gasteiger partial charge on any atom is -0.323 e. The van der Waals surface area contributed by atoms with Crippen molar-refractivity contribution in [2.75, 3.05) is 5.32 Å². The van der Waals surface area contributed by atoms with Crippen LogP contribution in [0.2, 0.25) is 0 Å². The molecule has 5 nitrogen and oxygen atoms in total. The standard InChI is InChI=1S/C11H7BrN4O/c12-7-1-2-8(16-9(17)3-4-13)11-10(7)14-5-6-15-11/h1-2,5-6H,3H2,(H,16,17). The molecule has 84 valence electrons. The molecule has 1 aromatic carbocycles. The van der Waals surface area contributed by atoms with Crippen LogP contribution in [0.4, 0.5) is 5.69 Å². The van der Waals surface area contributed by atoms with Crippen molar-refractivity contribution in [3.63, 3.8) is 0 Å². The van der Waals surface area contributed by atoms with Gasteiger partial charge in [0.25, 0.3) is 0 Å². The molecule has 0 aliphatic heterocycles. The molecule has 0 aliphatic rings. The average molecular weight is 291 g/mol. The summed E-state index contributed by atoms with van der Waals surface area (Å²) in [5, 5.41) is 11.1. The number of halogens is 1. The third-order valence-electron chi connectivity index (χ3n) is 2.09. The van der Waals surface area contributed by atoms with E-state index < -0.39 is 0 Å². The van der Waals surface area contributed by atoms with Crippen LogP contribution in [0.15, 0.2) is 29.0 Å². The van der Waals surface area contributed by atoms with Crippen LogP contribution in [0.25, 0.3) is 11.0 Å². The Kier molecular flexibility index (Phi) is 3.30. The Hall–Kier alpha value is -2.00. The number of anilines is 1. The van der Waals surface area contributed by atoms with Gasteiger partial charge in [0, 0.05) is 16.9 Å². The Bertz CT molecular complexity index is 620. The number of benzene rings is 1. The first-order valence-corrected chi connectivity index (χ1v) is 5.57. The van der Waals surface area contributed by atoms with Crippen LogP contribution in [-0.2, 0) is 4.79 Å². The van der Waals surface area contributed by atoms with Gasteiger partial charge >= 0.3 is 0 Å². The number of nitriles is 1. The molecular formula is C11H7BrN4O. The second-order valence-corrected chi connectivity index (χ2v) is 4.09. The van der Waals surface area contributed by atoms with Crippen molar-refractivity contribution in [1.29, 1.82) is 5.26 Å². The van der Waals surface area contributed by atoms with Gasteiger partial charge < -0.3 is 5.32 Å². The first-order chi connectivity index (χ1) is 8.22. The number of aromatic nitrogens is 2. The van der Waals surface area contributed by atoms with Crippen molar-refractivity contribution in [2.45, 2.75) is 6.42 Å². The molecular weight excluding hydrogens is 284 g/mol. The molecule has 1 N–H and O–H groups in total. The summed E-state index contributed by atoms with van der Waals surface area (Å²) in [6.07, 6.45) is 2.94. The Morgan fingerprint density at radius 3 is 2.76 bits per heavy atom. The Labute approximate surface area is 106 Å². The molecule has 1 aromatic heterocycles. The number of carbonyl (C=O) groups is 1. The number of rotatable bonds is 2. The third kappa shape index (κ3) is 2.40. The Balaban J connectivity index is 2.45. The number of hydrogen-bond acceptors (Lipinski definition) is 4. The van der Waals surface area contributed by atoms with Gasteiger partial charge in [0.2, 0.25) is 5.91 Å². The number of fused-ring (bicyclic) bond motifs is 1. The fraction of sp³-hybridized carbons (Fsp3) is 0.0909. The smallest absolute Gasteiger partial charge is 0.238 e. The van der Waals surface area contributed by atoms with Crippen LogP contribution in [0.1, 0.15) is 6.42 Å². The van der Waals surface area contributed by atoms with Gasteiger partial charge in [0.05, 0.1) is 11.8 Å². The summed E-state index contributed by atoms with van der Waals surface area (Å²) in [4.78, 5) is 19.7. The molecule has 0 unspecified atom stereocenters. The SMILES string of the molecule is N#CCC(=O)Nc1ccc(Br)c2nccnc12. The van der Waals surface area contributed by atoms with Gasteiger partial charge in [-0.15, -0.1) is 0 Å². The number of nitrogens with one attached hydrogen (secondary N) is 1. The third-order valence-corrected chi connectivity index (χ3v) is 2.73. The zero-order valence-electron chi connectivity index (χ0n) is 8.64. The lowest BCUT2D eigenvalue weighted by atomic mass is 10.2. The molecule has 0 atom stereocenters. The van der Waals surface area contributed by atoms with E-state index in [0.717, 1.165) is 4.47 Å². The molecule has 0 saturated heterocycles. The highest BCUT2D eigenvalue weighted by molar-refractivity contribution is 9.10. The fourth-order valence-electron chi connectivity index (χ4n) is 1.39. The van der Waals surface area contributed by atoms with Crippen LogP contribution < -0.4 is 5.32 Å². The monoisotopic (exact) mass is 290 g/mol. The van der Waals surface area contributed by atoms with E-state index >= 15 is 0 Å². The molecule has 2 aromatic rings. The van der Waals surface area contributed by atoms with E-state index in [0.29, 0.717) is 16.7 Å². The van der Waals surface area contributed by atoms with Crippen LogP contribution >= 0.6 is 15.9 Å². The number of nitrogens with zero attached hydrogens (tertiary/aromatic N) is 3. The summed E-state index contributed by atoms with van der Waals surface area (Å²) in [6.45, 7) is 0. The Morgan fingerprint density at radius 2 is 2.06 bits per heavy atom. The molecule has 1 amide bonds. The largest absolute Gasteiger partial charge is 0.323 e. The van der Waals surface area contributed by atoms with E-state index in [-0.39, 0.29) is 12.3 Å². The van der Waals surface area contributed by atoms with Crippen molar-refractivity contribution < 1.29 is 4.79 Å². The topological polar surface area (TPSA) is 78.7 Å². The summed E-state index contributed by atoms with van der Waals surface area (Å²) >= 11 is 3.36. The Morgan fingerprint density at radius 1 is 1.35 bits per heavy atom. The van der Waals surface area contributed by atoms with E-state index in [4.69, 9.17) is 5.26 Å². The predicted molar refractivity (Wildman–Crippen MR) is 66.1 cm³/mol. The molecule has 0 aliphatic carbocycles. The van der Waals surface area contributed by atoms with Crippen LogP contribution in [-0.4, -0.2) is 15.9 Å². The first-order valence-electron chi connectivity index (χ1n) is 4.78. The van der Waals surface area contributed by atoms with E-state index in [1.54, 1.807) is 30.6 Å². The van der Waals surface area contributed by atoms with Gasteiger partial charge in [0.1, 0.15) is 17.5 Å². The maximum atomic E-state index is 11.3. The van der Waals surface area contributed by atoms with Crippen LogP contribution in [0.5, 0.6) is 0 Å².